The molecular formula is C14H12ClNO4. The van der Waals surface area contributed by atoms with Crippen molar-refractivity contribution >= 4 is 23.1 Å². The molecule has 2 aromatic rings. The molecule has 0 aliphatic heterocycles. The zero-order valence-electron chi connectivity index (χ0n) is 10.7. The van der Waals surface area contributed by atoms with E-state index < -0.39 is 11.5 Å². The lowest BCUT2D eigenvalue weighted by molar-refractivity contribution is 0.0694. The molecule has 6 heteroatoms. The van der Waals surface area contributed by atoms with Crippen LogP contribution in [0.1, 0.15) is 34.7 Å². The molecule has 0 bridgehead atoms. The second-order valence-corrected chi connectivity index (χ2v) is 5.22. The molecule has 20 heavy (non-hydrogen) atoms. The molecule has 1 fully saturated rings. The van der Waals surface area contributed by atoms with Crippen molar-refractivity contribution in [3.8, 4) is 5.75 Å². The summed E-state index contributed by atoms with van der Waals surface area (Å²) in [5.41, 5.74) is 0.569. The summed E-state index contributed by atoms with van der Waals surface area (Å²) in [6.45, 7) is 0. The van der Waals surface area contributed by atoms with E-state index in [0.717, 1.165) is 18.4 Å². The molecule has 1 saturated carbocycles. The molecular weight excluding hydrogens is 282 g/mol. The maximum Gasteiger partial charge on any atom is 0.341 e. The second-order valence-electron chi connectivity index (χ2n) is 4.81. The van der Waals surface area contributed by atoms with Crippen LogP contribution in [-0.2, 0) is 0 Å². The summed E-state index contributed by atoms with van der Waals surface area (Å²) in [6, 6.07) is 2.98. The van der Waals surface area contributed by atoms with Crippen molar-refractivity contribution < 1.29 is 14.6 Å². The van der Waals surface area contributed by atoms with Crippen molar-refractivity contribution in [2.24, 2.45) is 0 Å². The van der Waals surface area contributed by atoms with Crippen LogP contribution < -0.4 is 10.3 Å². The summed E-state index contributed by atoms with van der Waals surface area (Å²) in [7, 11) is 1.48. The number of hydrogen-bond donors (Lipinski definition) is 1. The minimum Gasteiger partial charge on any atom is -0.493 e. The van der Waals surface area contributed by atoms with Crippen LogP contribution >= 0.6 is 11.6 Å². The summed E-state index contributed by atoms with van der Waals surface area (Å²) < 4.78 is 6.60. The van der Waals surface area contributed by atoms with Gasteiger partial charge in [0, 0.05) is 6.20 Å². The average molecular weight is 294 g/mol. The number of rotatable bonds is 3. The van der Waals surface area contributed by atoms with Crippen LogP contribution in [0, 0.1) is 0 Å². The van der Waals surface area contributed by atoms with E-state index in [-0.39, 0.29) is 11.5 Å². The SMILES string of the molecule is COc1c(Cl)ccn2c(=O)c(C(=O)O)cc(C3CC3)c12. The Bertz CT molecular complexity index is 777. The van der Waals surface area contributed by atoms with Crippen LogP contribution in [0.4, 0.5) is 0 Å². The van der Waals surface area contributed by atoms with Crippen LogP contribution in [0.25, 0.3) is 5.52 Å². The fourth-order valence-electron chi connectivity index (χ4n) is 2.42. The number of halogens is 1. The number of pyridine rings is 2. The Morgan fingerprint density at radius 1 is 1.50 bits per heavy atom. The average Bonchev–Trinajstić information content (AvgIpc) is 3.23. The molecule has 0 saturated heterocycles. The predicted molar refractivity (Wildman–Crippen MR) is 74.2 cm³/mol. The number of nitrogens with zero attached hydrogens (tertiary/aromatic N) is 1. The quantitative estimate of drug-likeness (QED) is 0.944. The van der Waals surface area contributed by atoms with Crippen molar-refractivity contribution in [3.05, 3.63) is 44.8 Å². The molecule has 2 aromatic heterocycles. The standard InChI is InChI=1S/C14H12ClNO4/c1-20-12-10(15)4-5-16-11(12)8(7-2-3-7)6-9(13(16)17)14(18)19/h4-7H,2-3H2,1H3,(H,18,19). The van der Waals surface area contributed by atoms with Crippen molar-refractivity contribution in [3.63, 3.8) is 0 Å². The molecule has 0 amide bonds. The number of fused-ring (bicyclic) bond motifs is 1. The fourth-order valence-corrected chi connectivity index (χ4v) is 2.64. The molecule has 5 nitrogen and oxygen atoms in total. The molecule has 0 unspecified atom stereocenters. The highest BCUT2D eigenvalue weighted by Crippen LogP contribution is 2.44. The molecule has 0 radical (unpaired) electrons. The van der Waals surface area contributed by atoms with Gasteiger partial charge in [-0.15, -0.1) is 0 Å². The van der Waals surface area contributed by atoms with E-state index in [2.05, 4.69) is 0 Å². The third-order valence-electron chi connectivity index (χ3n) is 3.52. The Kier molecular flexibility index (Phi) is 2.94. The Hall–Kier alpha value is -2.01. The first-order valence-electron chi connectivity index (χ1n) is 6.19. The third-order valence-corrected chi connectivity index (χ3v) is 3.81. The molecule has 0 atom stereocenters. The Morgan fingerprint density at radius 2 is 2.20 bits per heavy atom. The maximum absolute atomic E-state index is 12.2. The van der Waals surface area contributed by atoms with E-state index in [0.29, 0.717) is 16.3 Å². The lowest BCUT2D eigenvalue weighted by atomic mass is 10.1. The topological polar surface area (TPSA) is 68.0 Å². The molecule has 0 spiro atoms. The summed E-state index contributed by atoms with van der Waals surface area (Å²) >= 11 is 6.10. The minimum atomic E-state index is -1.22. The number of carboxylic acid groups (broad SMARTS) is 1. The van der Waals surface area contributed by atoms with Crippen molar-refractivity contribution in [1.29, 1.82) is 0 Å². The summed E-state index contributed by atoms with van der Waals surface area (Å²) in [6.07, 6.45) is 3.44. The number of aromatic carboxylic acids is 1. The van der Waals surface area contributed by atoms with Crippen molar-refractivity contribution in [1.82, 2.24) is 4.40 Å². The van der Waals surface area contributed by atoms with Crippen LogP contribution in [0.2, 0.25) is 5.02 Å². The van der Waals surface area contributed by atoms with E-state index in [9.17, 15) is 9.59 Å². The number of carboxylic acids is 1. The number of carbonyl (C=O) groups is 1. The number of methoxy groups -OCH3 is 1. The monoisotopic (exact) mass is 293 g/mol. The van der Waals surface area contributed by atoms with Gasteiger partial charge in [0.25, 0.3) is 5.56 Å². The van der Waals surface area contributed by atoms with Gasteiger partial charge in [-0.1, -0.05) is 11.6 Å². The van der Waals surface area contributed by atoms with Gasteiger partial charge in [-0.05, 0) is 36.5 Å². The first-order valence-corrected chi connectivity index (χ1v) is 6.57. The van der Waals surface area contributed by atoms with E-state index in [1.54, 1.807) is 0 Å². The summed E-state index contributed by atoms with van der Waals surface area (Å²) in [5, 5.41) is 9.56. The van der Waals surface area contributed by atoms with Gasteiger partial charge in [0.15, 0.2) is 5.75 Å². The number of ether oxygens (including phenoxy) is 1. The van der Waals surface area contributed by atoms with Gasteiger partial charge in [0.2, 0.25) is 0 Å². The van der Waals surface area contributed by atoms with Crippen molar-refractivity contribution in [2.45, 2.75) is 18.8 Å². The molecule has 3 rings (SSSR count). The van der Waals surface area contributed by atoms with Crippen LogP contribution in [0.15, 0.2) is 23.1 Å². The lowest BCUT2D eigenvalue weighted by Crippen LogP contribution is -2.23. The zero-order chi connectivity index (χ0) is 14.4. The molecule has 1 aliphatic carbocycles. The van der Waals surface area contributed by atoms with E-state index in [4.69, 9.17) is 21.4 Å². The highest BCUT2D eigenvalue weighted by atomic mass is 35.5. The molecule has 1 aliphatic rings. The van der Waals surface area contributed by atoms with Crippen molar-refractivity contribution in [2.75, 3.05) is 7.11 Å². The van der Waals surface area contributed by atoms with E-state index in [1.807, 2.05) is 0 Å². The molecule has 2 heterocycles. The number of aromatic nitrogens is 1. The molecule has 1 N–H and O–H groups in total. The lowest BCUT2D eigenvalue weighted by Gasteiger charge is -2.13. The highest BCUT2D eigenvalue weighted by molar-refractivity contribution is 6.32. The van der Waals surface area contributed by atoms with Gasteiger partial charge in [-0.2, -0.15) is 0 Å². The van der Waals surface area contributed by atoms with Crippen LogP contribution in [-0.4, -0.2) is 22.6 Å². The highest BCUT2D eigenvalue weighted by Gasteiger charge is 2.30. The maximum atomic E-state index is 12.2. The Labute approximate surface area is 119 Å². The largest absolute Gasteiger partial charge is 0.493 e. The fraction of sp³-hybridized carbons (Fsp3) is 0.286. The second kappa shape index (κ2) is 4.52. The zero-order valence-corrected chi connectivity index (χ0v) is 11.5. The van der Waals surface area contributed by atoms with Gasteiger partial charge in [-0.25, -0.2) is 4.79 Å². The minimum absolute atomic E-state index is 0.228. The van der Waals surface area contributed by atoms with E-state index in [1.165, 1.54) is 29.8 Å². The summed E-state index contributed by atoms with van der Waals surface area (Å²) in [5.74, 6) is -0.554. The first kappa shape index (κ1) is 13.0. The van der Waals surface area contributed by atoms with Crippen LogP contribution in [0.5, 0.6) is 5.75 Å². The van der Waals surface area contributed by atoms with Gasteiger partial charge >= 0.3 is 5.97 Å². The third kappa shape index (κ3) is 1.86. The normalized spacial score (nSPS) is 14.5. The Morgan fingerprint density at radius 3 is 2.75 bits per heavy atom. The smallest absolute Gasteiger partial charge is 0.341 e. The Balaban J connectivity index is 2.48. The predicted octanol–water partition coefficient (Wildman–Crippen LogP) is 2.54. The molecule has 0 aromatic carbocycles. The van der Waals surface area contributed by atoms with Gasteiger partial charge < -0.3 is 9.84 Å². The van der Waals surface area contributed by atoms with Gasteiger partial charge in [-0.3, -0.25) is 9.20 Å². The molecule has 104 valence electrons. The summed E-state index contributed by atoms with van der Waals surface area (Å²) in [4.78, 5) is 23.4. The van der Waals surface area contributed by atoms with E-state index >= 15 is 0 Å². The first-order chi connectivity index (χ1) is 9.54. The van der Waals surface area contributed by atoms with Gasteiger partial charge in [0.05, 0.1) is 17.6 Å². The number of hydrogen-bond acceptors (Lipinski definition) is 3. The van der Waals surface area contributed by atoms with Crippen LogP contribution in [0.3, 0.4) is 0 Å². The van der Waals surface area contributed by atoms with Gasteiger partial charge in [0.1, 0.15) is 5.56 Å².